The molecule has 2 aromatic carbocycles. The van der Waals surface area contributed by atoms with E-state index in [9.17, 15) is 0 Å². The van der Waals surface area contributed by atoms with Gasteiger partial charge in [-0.3, -0.25) is 0 Å². The van der Waals surface area contributed by atoms with Crippen molar-refractivity contribution in [2.75, 3.05) is 18.0 Å². The number of fused-ring (bicyclic) bond motifs is 1. The molecule has 3 aromatic rings. The highest BCUT2D eigenvalue weighted by atomic mass is 32.1. The van der Waals surface area contributed by atoms with E-state index in [0.29, 0.717) is 6.04 Å². The number of nitriles is 1. The normalized spacial score (nSPS) is 15.2. The molecule has 0 radical (unpaired) electrons. The smallest absolute Gasteiger partial charge is 0.110 e. The fourth-order valence-electron chi connectivity index (χ4n) is 3.59. The van der Waals surface area contributed by atoms with Crippen LogP contribution in [-0.2, 0) is 6.54 Å². The molecule has 0 amide bonds. The highest BCUT2D eigenvalue weighted by Gasteiger charge is 2.22. The zero-order valence-corrected chi connectivity index (χ0v) is 14.9. The summed E-state index contributed by atoms with van der Waals surface area (Å²) in [6, 6.07) is 22.1. The molecule has 0 aliphatic carbocycles. The second-order valence-electron chi connectivity index (χ2n) is 6.54. The molecule has 1 fully saturated rings. The topological polar surface area (TPSA) is 39.1 Å². The van der Waals surface area contributed by atoms with E-state index in [1.807, 2.05) is 6.07 Å². The zero-order valence-electron chi connectivity index (χ0n) is 14.1. The lowest BCUT2D eigenvalue weighted by Gasteiger charge is -2.36. The van der Waals surface area contributed by atoms with Gasteiger partial charge in [0.05, 0.1) is 0 Å². The SMILES string of the molecule is N#Cc1cc2cc(N(Cc3ccccc3)C3CCNCC3)ccc2s1. The van der Waals surface area contributed by atoms with E-state index >= 15 is 0 Å². The molecule has 25 heavy (non-hydrogen) atoms. The standard InChI is InChI=1S/C21H21N3S/c22-14-20-13-17-12-19(6-7-21(17)25-20)24(18-8-10-23-11-9-18)15-16-4-2-1-3-5-16/h1-7,12-13,18,23H,8-11,15H2. The average Bonchev–Trinajstić information content (AvgIpc) is 3.10. The minimum Gasteiger partial charge on any atom is -0.364 e. The molecule has 0 bridgehead atoms. The van der Waals surface area contributed by atoms with Crippen LogP contribution < -0.4 is 10.2 Å². The summed E-state index contributed by atoms with van der Waals surface area (Å²) in [4.78, 5) is 3.32. The first-order valence-corrected chi connectivity index (χ1v) is 9.60. The molecule has 1 aliphatic rings. The molecule has 0 unspecified atom stereocenters. The van der Waals surface area contributed by atoms with E-state index in [4.69, 9.17) is 5.26 Å². The van der Waals surface area contributed by atoms with Gasteiger partial charge in [0.2, 0.25) is 0 Å². The van der Waals surface area contributed by atoms with E-state index in [2.05, 4.69) is 64.8 Å². The molecule has 4 rings (SSSR count). The molecule has 1 aromatic heterocycles. The van der Waals surface area contributed by atoms with Crippen LogP contribution >= 0.6 is 11.3 Å². The number of nitrogens with zero attached hydrogens (tertiary/aromatic N) is 2. The molecule has 4 heteroatoms. The van der Waals surface area contributed by atoms with Gasteiger partial charge in [-0.2, -0.15) is 5.26 Å². The fraction of sp³-hybridized carbons (Fsp3) is 0.286. The molecule has 1 aliphatic heterocycles. The van der Waals surface area contributed by atoms with Crippen molar-refractivity contribution in [3.8, 4) is 6.07 Å². The summed E-state index contributed by atoms with van der Waals surface area (Å²) in [6.45, 7) is 3.08. The Hall–Kier alpha value is -2.35. The Morgan fingerprint density at radius 1 is 1.08 bits per heavy atom. The Labute approximate surface area is 152 Å². The average molecular weight is 347 g/mol. The summed E-state index contributed by atoms with van der Waals surface area (Å²) < 4.78 is 1.19. The van der Waals surface area contributed by atoms with Crippen molar-refractivity contribution in [1.29, 1.82) is 5.26 Å². The van der Waals surface area contributed by atoms with Gasteiger partial charge in [-0.15, -0.1) is 11.3 Å². The molecule has 0 spiro atoms. The summed E-state index contributed by atoms with van der Waals surface area (Å²) in [5.74, 6) is 0. The van der Waals surface area contributed by atoms with Crippen LogP contribution in [0.15, 0.2) is 54.6 Å². The van der Waals surface area contributed by atoms with Gasteiger partial charge >= 0.3 is 0 Å². The van der Waals surface area contributed by atoms with Crippen molar-refractivity contribution in [1.82, 2.24) is 5.32 Å². The van der Waals surface area contributed by atoms with Gasteiger partial charge in [0, 0.05) is 23.0 Å². The molecule has 3 nitrogen and oxygen atoms in total. The molecule has 0 atom stereocenters. The fourth-order valence-corrected chi connectivity index (χ4v) is 4.43. The Bertz CT molecular complexity index is 888. The highest BCUT2D eigenvalue weighted by molar-refractivity contribution is 7.19. The summed E-state index contributed by atoms with van der Waals surface area (Å²) in [6.07, 6.45) is 2.33. The van der Waals surface area contributed by atoms with Crippen molar-refractivity contribution < 1.29 is 0 Å². The van der Waals surface area contributed by atoms with Gasteiger partial charge in [-0.1, -0.05) is 30.3 Å². The number of anilines is 1. The Kier molecular flexibility index (Phi) is 4.69. The maximum absolute atomic E-state index is 9.16. The number of rotatable bonds is 4. The second kappa shape index (κ2) is 7.26. The van der Waals surface area contributed by atoms with Crippen molar-refractivity contribution in [2.45, 2.75) is 25.4 Å². The van der Waals surface area contributed by atoms with Gasteiger partial charge in [0.15, 0.2) is 0 Å². The first-order chi connectivity index (χ1) is 12.3. The maximum atomic E-state index is 9.16. The first kappa shape index (κ1) is 16.1. The third-order valence-corrected chi connectivity index (χ3v) is 5.91. The highest BCUT2D eigenvalue weighted by Crippen LogP contribution is 2.31. The number of hydrogen-bond acceptors (Lipinski definition) is 4. The lowest BCUT2D eigenvalue weighted by Crippen LogP contribution is -2.43. The van der Waals surface area contributed by atoms with Crippen LogP contribution in [0.1, 0.15) is 23.3 Å². The van der Waals surface area contributed by atoms with E-state index < -0.39 is 0 Å². The van der Waals surface area contributed by atoms with Crippen molar-refractivity contribution >= 4 is 27.1 Å². The lowest BCUT2D eigenvalue weighted by molar-refractivity contribution is 0.428. The van der Waals surface area contributed by atoms with Crippen LogP contribution in [0.5, 0.6) is 0 Å². The van der Waals surface area contributed by atoms with Crippen molar-refractivity contribution in [3.05, 3.63) is 65.0 Å². The van der Waals surface area contributed by atoms with Crippen LogP contribution in [0, 0.1) is 11.3 Å². The Morgan fingerprint density at radius 2 is 1.88 bits per heavy atom. The van der Waals surface area contributed by atoms with Crippen LogP contribution in [0.3, 0.4) is 0 Å². The van der Waals surface area contributed by atoms with E-state index in [0.717, 1.165) is 37.4 Å². The molecular formula is C21H21N3S. The Morgan fingerprint density at radius 3 is 2.64 bits per heavy atom. The molecule has 1 saturated heterocycles. The second-order valence-corrected chi connectivity index (χ2v) is 7.62. The maximum Gasteiger partial charge on any atom is 0.110 e. The quantitative estimate of drug-likeness (QED) is 0.753. The van der Waals surface area contributed by atoms with E-state index in [1.54, 1.807) is 11.3 Å². The van der Waals surface area contributed by atoms with Gasteiger partial charge in [-0.05, 0) is 61.1 Å². The summed E-state index contributed by atoms with van der Waals surface area (Å²) >= 11 is 1.57. The van der Waals surface area contributed by atoms with E-state index in [1.165, 1.54) is 21.3 Å². The van der Waals surface area contributed by atoms with Crippen LogP contribution in [-0.4, -0.2) is 19.1 Å². The molecular weight excluding hydrogens is 326 g/mol. The molecule has 2 heterocycles. The largest absolute Gasteiger partial charge is 0.364 e. The minimum atomic E-state index is 0.549. The number of benzene rings is 2. The van der Waals surface area contributed by atoms with Crippen LogP contribution in [0.4, 0.5) is 5.69 Å². The van der Waals surface area contributed by atoms with Crippen LogP contribution in [0.25, 0.3) is 10.1 Å². The van der Waals surface area contributed by atoms with E-state index in [-0.39, 0.29) is 0 Å². The van der Waals surface area contributed by atoms with Gasteiger partial charge < -0.3 is 10.2 Å². The van der Waals surface area contributed by atoms with Gasteiger partial charge in [0.1, 0.15) is 10.9 Å². The summed E-state index contributed by atoms with van der Waals surface area (Å²) in [7, 11) is 0. The molecule has 126 valence electrons. The zero-order chi connectivity index (χ0) is 17.1. The Balaban J connectivity index is 1.70. The van der Waals surface area contributed by atoms with Gasteiger partial charge in [-0.25, -0.2) is 0 Å². The summed E-state index contributed by atoms with van der Waals surface area (Å²) in [5.41, 5.74) is 2.59. The first-order valence-electron chi connectivity index (χ1n) is 8.78. The number of thiophene rings is 1. The van der Waals surface area contributed by atoms with Gasteiger partial charge in [0.25, 0.3) is 0 Å². The predicted octanol–water partition coefficient (Wildman–Crippen LogP) is 4.53. The molecule has 0 saturated carbocycles. The summed E-state index contributed by atoms with van der Waals surface area (Å²) in [5, 5.41) is 13.8. The van der Waals surface area contributed by atoms with Crippen molar-refractivity contribution in [2.24, 2.45) is 0 Å². The monoisotopic (exact) mass is 347 g/mol. The van der Waals surface area contributed by atoms with Crippen LogP contribution in [0.2, 0.25) is 0 Å². The number of piperidine rings is 1. The number of hydrogen-bond donors (Lipinski definition) is 1. The predicted molar refractivity (Wildman–Crippen MR) is 105 cm³/mol. The third kappa shape index (κ3) is 3.53. The minimum absolute atomic E-state index is 0.549. The molecule has 1 N–H and O–H groups in total. The van der Waals surface area contributed by atoms with Crippen molar-refractivity contribution in [3.63, 3.8) is 0 Å². The lowest BCUT2D eigenvalue weighted by atomic mass is 10.0. The number of nitrogens with one attached hydrogen (secondary N) is 1. The third-order valence-electron chi connectivity index (χ3n) is 4.89.